The first-order chi connectivity index (χ1) is 16.4. The third-order valence-corrected chi connectivity index (χ3v) is 5.71. The van der Waals surface area contributed by atoms with Gasteiger partial charge in [-0.25, -0.2) is 9.48 Å². The van der Waals surface area contributed by atoms with Crippen molar-refractivity contribution in [1.29, 1.82) is 0 Å². The maximum Gasteiger partial charge on any atom is 0.322 e. The van der Waals surface area contributed by atoms with Gasteiger partial charge >= 0.3 is 6.03 Å². The van der Waals surface area contributed by atoms with Crippen LogP contribution in [0.3, 0.4) is 0 Å². The highest BCUT2D eigenvalue weighted by Gasteiger charge is 2.23. The number of aryl methyl sites for hydroxylation is 2. The van der Waals surface area contributed by atoms with Gasteiger partial charge in [0.05, 0.1) is 11.4 Å². The summed E-state index contributed by atoms with van der Waals surface area (Å²) in [6, 6.07) is 17.1. The van der Waals surface area contributed by atoms with Crippen LogP contribution in [-0.4, -0.2) is 39.7 Å². The summed E-state index contributed by atoms with van der Waals surface area (Å²) in [5, 5.41) is 10.7. The van der Waals surface area contributed by atoms with E-state index in [0.717, 1.165) is 22.5 Å². The molecule has 0 atom stereocenters. The fraction of sp³-hybridized carbons (Fsp3) is 0.393. The number of anilines is 2. The molecule has 0 spiro atoms. The molecule has 7 heteroatoms. The molecular weight excluding hydrogens is 438 g/mol. The molecule has 0 aliphatic heterocycles. The Morgan fingerprint density at radius 3 is 2.26 bits per heavy atom. The monoisotopic (exact) mass is 475 g/mol. The van der Waals surface area contributed by atoms with Crippen LogP contribution in [0, 0.1) is 19.8 Å². The van der Waals surface area contributed by atoms with E-state index >= 15 is 0 Å². The largest absolute Gasteiger partial charge is 0.322 e. The predicted octanol–water partition coefficient (Wildman–Crippen LogP) is 5.92. The van der Waals surface area contributed by atoms with Crippen molar-refractivity contribution in [2.24, 2.45) is 5.92 Å². The fourth-order valence-electron chi connectivity index (χ4n) is 3.64. The summed E-state index contributed by atoms with van der Waals surface area (Å²) >= 11 is 0. The van der Waals surface area contributed by atoms with Gasteiger partial charge in [0.25, 0.3) is 0 Å². The van der Waals surface area contributed by atoms with Crippen LogP contribution in [0.1, 0.15) is 51.4 Å². The number of urea groups is 1. The molecule has 0 radical (unpaired) electrons. The number of aromatic nitrogens is 2. The highest BCUT2D eigenvalue weighted by atomic mass is 16.2. The van der Waals surface area contributed by atoms with E-state index in [9.17, 15) is 9.59 Å². The van der Waals surface area contributed by atoms with E-state index in [4.69, 9.17) is 5.10 Å². The van der Waals surface area contributed by atoms with Crippen LogP contribution >= 0.6 is 0 Å². The van der Waals surface area contributed by atoms with Gasteiger partial charge in [-0.3, -0.25) is 4.79 Å². The van der Waals surface area contributed by atoms with Gasteiger partial charge in [-0.15, -0.1) is 0 Å². The SMILES string of the molecule is Cc1ccc(NC(=O)N(CC(=O)Nc2cc(C(C)(C)C)nn2-c2ccccc2)CC(C)C)cc1C. The topological polar surface area (TPSA) is 79.3 Å². The van der Waals surface area contributed by atoms with E-state index in [1.165, 1.54) is 0 Å². The lowest BCUT2D eigenvalue weighted by atomic mass is 9.92. The molecule has 2 aromatic carbocycles. The van der Waals surface area contributed by atoms with Crippen molar-refractivity contribution in [2.45, 2.75) is 53.9 Å². The number of hydrogen-bond donors (Lipinski definition) is 2. The zero-order valence-electron chi connectivity index (χ0n) is 21.8. The number of carbonyl (C=O) groups is 2. The van der Waals surface area contributed by atoms with Crippen molar-refractivity contribution in [1.82, 2.24) is 14.7 Å². The number of nitrogens with one attached hydrogen (secondary N) is 2. The van der Waals surface area contributed by atoms with E-state index in [-0.39, 0.29) is 29.8 Å². The molecule has 0 saturated carbocycles. The molecular formula is C28H37N5O2. The standard InChI is InChI=1S/C28H37N5O2/c1-19(2)17-32(27(35)29-22-14-13-20(3)21(4)15-22)18-26(34)30-25-16-24(28(5,6)7)31-33(25)23-11-9-8-10-12-23/h8-16,19H,17-18H2,1-7H3,(H,29,35)(H,30,34). The molecule has 0 aliphatic carbocycles. The van der Waals surface area contributed by atoms with E-state index in [1.54, 1.807) is 9.58 Å². The molecule has 0 bridgehead atoms. The Morgan fingerprint density at radius 1 is 0.971 bits per heavy atom. The van der Waals surface area contributed by atoms with Crippen molar-refractivity contribution >= 4 is 23.4 Å². The van der Waals surface area contributed by atoms with Gasteiger partial charge in [0, 0.05) is 23.7 Å². The average Bonchev–Trinajstić information content (AvgIpc) is 3.20. The van der Waals surface area contributed by atoms with Crippen molar-refractivity contribution in [3.63, 3.8) is 0 Å². The van der Waals surface area contributed by atoms with Crippen molar-refractivity contribution in [3.05, 3.63) is 71.4 Å². The van der Waals surface area contributed by atoms with Gasteiger partial charge in [-0.2, -0.15) is 5.10 Å². The predicted molar refractivity (Wildman–Crippen MR) is 142 cm³/mol. The summed E-state index contributed by atoms with van der Waals surface area (Å²) in [6.45, 7) is 14.7. The maximum atomic E-state index is 13.1. The van der Waals surface area contributed by atoms with Crippen LogP contribution in [-0.2, 0) is 10.2 Å². The molecule has 0 unspecified atom stereocenters. The average molecular weight is 476 g/mol. The number of rotatable bonds is 7. The molecule has 0 saturated heterocycles. The Morgan fingerprint density at radius 2 is 1.66 bits per heavy atom. The second-order valence-corrected chi connectivity index (χ2v) is 10.5. The number of para-hydroxylation sites is 1. The van der Waals surface area contributed by atoms with Crippen LogP contribution < -0.4 is 10.6 Å². The fourth-order valence-corrected chi connectivity index (χ4v) is 3.64. The van der Waals surface area contributed by atoms with Gasteiger partial charge in [-0.05, 0) is 55.2 Å². The van der Waals surface area contributed by atoms with Crippen LogP contribution in [0.2, 0.25) is 0 Å². The number of hydrogen-bond acceptors (Lipinski definition) is 3. The van der Waals surface area contributed by atoms with Gasteiger partial charge in [0.1, 0.15) is 12.4 Å². The Labute approximate surface area is 208 Å². The summed E-state index contributed by atoms with van der Waals surface area (Å²) in [6.07, 6.45) is 0. The van der Waals surface area contributed by atoms with Gasteiger partial charge < -0.3 is 15.5 Å². The summed E-state index contributed by atoms with van der Waals surface area (Å²) in [5.41, 5.74) is 4.50. The van der Waals surface area contributed by atoms with E-state index < -0.39 is 0 Å². The molecule has 35 heavy (non-hydrogen) atoms. The van der Waals surface area contributed by atoms with Gasteiger partial charge in [-0.1, -0.05) is 58.9 Å². The zero-order valence-corrected chi connectivity index (χ0v) is 21.8. The van der Waals surface area contributed by atoms with Crippen molar-refractivity contribution in [3.8, 4) is 5.69 Å². The second-order valence-electron chi connectivity index (χ2n) is 10.5. The van der Waals surface area contributed by atoms with Crippen LogP contribution in [0.15, 0.2) is 54.6 Å². The van der Waals surface area contributed by atoms with Crippen LogP contribution in [0.4, 0.5) is 16.3 Å². The van der Waals surface area contributed by atoms with Crippen LogP contribution in [0.25, 0.3) is 5.69 Å². The lowest BCUT2D eigenvalue weighted by Crippen LogP contribution is -2.42. The Balaban J connectivity index is 1.80. The molecule has 3 rings (SSSR count). The number of amides is 3. The molecule has 0 fully saturated rings. The molecule has 3 amide bonds. The number of nitrogens with zero attached hydrogens (tertiary/aromatic N) is 3. The first-order valence-corrected chi connectivity index (χ1v) is 12.0. The zero-order chi connectivity index (χ0) is 25.8. The highest BCUT2D eigenvalue weighted by molar-refractivity contribution is 5.96. The van der Waals surface area contributed by atoms with E-state index in [0.29, 0.717) is 18.1 Å². The van der Waals surface area contributed by atoms with E-state index in [1.807, 2.05) is 82.3 Å². The van der Waals surface area contributed by atoms with Gasteiger partial charge in [0.15, 0.2) is 0 Å². The Hall–Kier alpha value is -3.61. The lowest BCUT2D eigenvalue weighted by Gasteiger charge is -2.24. The van der Waals surface area contributed by atoms with E-state index in [2.05, 4.69) is 31.4 Å². The summed E-state index contributed by atoms with van der Waals surface area (Å²) < 4.78 is 1.74. The molecule has 1 aromatic heterocycles. The van der Waals surface area contributed by atoms with Crippen molar-refractivity contribution < 1.29 is 9.59 Å². The smallest absolute Gasteiger partial charge is 0.315 e. The number of carbonyl (C=O) groups excluding carboxylic acids is 2. The van der Waals surface area contributed by atoms with Crippen LogP contribution in [0.5, 0.6) is 0 Å². The summed E-state index contributed by atoms with van der Waals surface area (Å²) in [7, 11) is 0. The Kier molecular flexibility index (Phi) is 7.99. The quantitative estimate of drug-likeness (QED) is 0.445. The lowest BCUT2D eigenvalue weighted by molar-refractivity contribution is -0.116. The molecule has 7 nitrogen and oxygen atoms in total. The molecule has 186 valence electrons. The third-order valence-electron chi connectivity index (χ3n) is 5.71. The third kappa shape index (κ3) is 6.94. The summed E-state index contributed by atoms with van der Waals surface area (Å²) in [5.74, 6) is 0.499. The normalized spacial score (nSPS) is 11.4. The molecule has 2 N–H and O–H groups in total. The first-order valence-electron chi connectivity index (χ1n) is 12.0. The minimum atomic E-state index is -0.302. The molecule has 1 heterocycles. The van der Waals surface area contributed by atoms with Gasteiger partial charge in [0.2, 0.25) is 5.91 Å². The maximum absolute atomic E-state index is 13.1. The minimum absolute atomic E-state index is 0.0698. The second kappa shape index (κ2) is 10.8. The Bertz CT molecular complexity index is 1180. The number of benzene rings is 2. The molecule has 0 aliphatic rings. The summed E-state index contributed by atoms with van der Waals surface area (Å²) in [4.78, 5) is 27.7. The first kappa shape index (κ1) is 26.0. The van der Waals surface area contributed by atoms with Crippen molar-refractivity contribution in [2.75, 3.05) is 23.7 Å². The minimum Gasteiger partial charge on any atom is -0.315 e. The molecule has 3 aromatic rings. The highest BCUT2D eigenvalue weighted by Crippen LogP contribution is 2.26.